The second-order valence-electron chi connectivity index (χ2n) is 8.29. The Labute approximate surface area is 198 Å². The van der Waals surface area contributed by atoms with Crippen LogP contribution in [0.5, 0.6) is 5.75 Å². The summed E-state index contributed by atoms with van der Waals surface area (Å²) in [5.74, 6) is -0.772. The average molecular weight is 491 g/mol. The smallest absolute Gasteiger partial charge is 0.304 e. The molecule has 1 aliphatic carbocycles. The van der Waals surface area contributed by atoms with E-state index in [9.17, 15) is 27.9 Å². The number of ether oxygens (including phenoxy) is 1. The lowest BCUT2D eigenvalue weighted by Gasteiger charge is -2.28. The van der Waals surface area contributed by atoms with Gasteiger partial charge in [0.1, 0.15) is 17.0 Å². The largest absolute Gasteiger partial charge is 0.454 e. The minimum Gasteiger partial charge on any atom is -0.454 e. The van der Waals surface area contributed by atoms with Crippen molar-refractivity contribution in [3.8, 4) is 22.7 Å². The minimum atomic E-state index is -3.29. The van der Waals surface area contributed by atoms with Crippen LogP contribution in [0.1, 0.15) is 36.0 Å². The molecule has 1 aliphatic rings. The summed E-state index contributed by atoms with van der Waals surface area (Å²) in [6.07, 6.45) is -0.927. The monoisotopic (exact) mass is 491 g/mol. The molecule has 1 aromatic carbocycles. The fourth-order valence-electron chi connectivity index (χ4n) is 3.90. The van der Waals surface area contributed by atoms with Gasteiger partial charge in [-0.3, -0.25) is 14.3 Å². The van der Waals surface area contributed by atoms with Gasteiger partial charge < -0.3 is 15.2 Å². The van der Waals surface area contributed by atoms with Crippen molar-refractivity contribution in [2.24, 2.45) is 7.05 Å². The van der Waals surface area contributed by atoms with E-state index < -0.39 is 36.4 Å². The van der Waals surface area contributed by atoms with Crippen molar-refractivity contribution in [2.45, 2.75) is 50.6 Å². The van der Waals surface area contributed by atoms with Crippen LogP contribution in [-0.2, 0) is 7.05 Å². The van der Waals surface area contributed by atoms with Gasteiger partial charge in [-0.2, -0.15) is 19.3 Å². The Kier molecular flexibility index (Phi) is 7.20. The number of halogens is 3. The average Bonchev–Trinajstić information content (AvgIpc) is 3.27. The molecule has 1 fully saturated rings. The Balaban J connectivity index is 1.70. The van der Waals surface area contributed by atoms with E-state index in [1.807, 2.05) is 0 Å². The molecule has 4 rings (SSSR count). The number of alkyl halides is 3. The molecule has 2 heterocycles. The Hall–Kier alpha value is -3.67. The van der Waals surface area contributed by atoms with Gasteiger partial charge in [0.2, 0.25) is 0 Å². The fraction of sp³-hybridized carbons (Fsp3) is 0.391. The number of aromatic nitrogens is 4. The van der Waals surface area contributed by atoms with E-state index >= 15 is 0 Å². The van der Waals surface area contributed by atoms with Gasteiger partial charge in [0.25, 0.3) is 17.8 Å². The predicted molar refractivity (Wildman–Crippen MR) is 119 cm³/mol. The second kappa shape index (κ2) is 10.3. The summed E-state index contributed by atoms with van der Waals surface area (Å²) in [6.45, 7) is 0. The highest BCUT2D eigenvalue weighted by atomic mass is 19.3. The molecule has 3 unspecified atom stereocenters. The molecule has 35 heavy (non-hydrogen) atoms. The molecule has 0 bridgehead atoms. The summed E-state index contributed by atoms with van der Waals surface area (Å²) >= 11 is 0. The number of benzene rings is 1. The molecule has 3 aromatic rings. The highest BCUT2D eigenvalue weighted by Gasteiger charge is 2.27. The van der Waals surface area contributed by atoms with Gasteiger partial charge >= 0.3 is 6.43 Å². The highest BCUT2D eigenvalue weighted by molar-refractivity contribution is 5.95. The van der Waals surface area contributed by atoms with Crippen molar-refractivity contribution in [3.05, 3.63) is 58.6 Å². The summed E-state index contributed by atoms with van der Waals surface area (Å²) in [5, 5.41) is 21.3. The number of nitrogens with zero attached hydrogens (tertiary/aromatic N) is 4. The quantitative estimate of drug-likeness (QED) is 0.526. The molecular formula is C23H24F3N5O4. The van der Waals surface area contributed by atoms with Crippen molar-refractivity contribution < 1.29 is 27.8 Å². The van der Waals surface area contributed by atoms with Gasteiger partial charge in [-0.05, 0) is 43.2 Å². The first kappa shape index (κ1) is 24.5. The van der Waals surface area contributed by atoms with Gasteiger partial charge in [0.05, 0.1) is 30.2 Å². The molecular weight excluding hydrogens is 467 g/mol. The van der Waals surface area contributed by atoms with Crippen LogP contribution in [0.2, 0.25) is 0 Å². The summed E-state index contributed by atoms with van der Waals surface area (Å²) in [6, 6.07) is 6.29. The third kappa shape index (κ3) is 5.53. The molecule has 2 N–H and O–H groups in total. The lowest BCUT2D eigenvalue weighted by molar-refractivity contribution is -0.0668. The molecule has 0 saturated heterocycles. The first-order valence-electron chi connectivity index (χ1n) is 11.0. The second-order valence-corrected chi connectivity index (χ2v) is 8.29. The maximum Gasteiger partial charge on any atom is 0.304 e. The molecule has 0 spiro atoms. The summed E-state index contributed by atoms with van der Waals surface area (Å²) in [7, 11) is 1.66. The number of nitrogens with one attached hydrogen (secondary N) is 1. The van der Waals surface area contributed by atoms with Crippen molar-refractivity contribution >= 4 is 5.91 Å². The number of rotatable bonds is 7. The van der Waals surface area contributed by atoms with Crippen LogP contribution in [0.25, 0.3) is 16.9 Å². The zero-order chi connectivity index (χ0) is 25.1. The molecule has 1 amide bonds. The summed E-state index contributed by atoms with van der Waals surface area (Å²) in [5.41, 5.74) is 0.0950. The van der Waals surface area contributed by atoms with Crippen molar-refractivity contribution in [3.63, 3.8) is 0 Å². The van der Waals surface area contributed by atoms with Gasteiger partial charge in [-0.15, -0.1) is 0 Å². The number of amides is 1. The molecule has 9 nitrogen and oxygen atoms in total. The third-order valence-corrected chi connectivity index (χ3v) is 5.73. The van der Waals surface area contributed by atoms with Crippen LogP contribution in [0, 0.1) is 0 Å². The molecule has 0 radical (unpaired) electrons. The van der Waals surface area contributed by atoms with Crippen molar-refractivity contribution in [1.82, 2.24) is 24.9 Å². The lowest BCUT2D eigenvalue weighted by atomic mass is 9.92. The molecule has 3 atom stereocenters. The SMILES string of the molecule is Cn1cc(-n2nc(-c3ccc(OC(F)C(F)F)cc3)cc(C(=O)NC3CCCCC3O)c2=O)cn1. The van der Waals surface area contributed by atoms with E-state index in [0.29, 0.717) is 24.1 Å². The van der Waals surface area contributed by atoms with Gasteiger partial charge in [0.15, 0.2) is 0 Å². The fourth-order valence-corrected chi connectivity index (χ4v) is 3.90. The van der Waals surface area contributed by atoms with E-state index in [-0.39, 0.29) is 17.0 Å². The lowest BCUT2D eigenvalue weighted by Crippen LogP contribution is -2.46. The van der Waals surface area contributed by atoms with E-state index in [1.54, 1.807) is 13.2 Å². The Morgan fingerprint density at radius 2 is 1.91 bits per heavy atom. The van der Waals surface area contributed by atoms with Crippen LogP contribution < -0.4 is 15.6 Å². The number of carbonyl (C=O) groups is 1. The molecule has 0 aliphatic heterocycles. The van der Waals surface area contributed by atoms with Gasteiger partial charge in [0, 0.05) is 12.6 Å². The maximum atomic E-state index is 13.2. The molecule has 186 valence electrons. The van der Waals surface area contributed by atoms with Crippen LogP contribution in [0.15, 0.2) is 47.5 Å². The Bertz CT molecular complexity index is 1240. The predicted octanol–water partition coefficient (Wildman–Crippen LogP) is 2.61. The third-order valence-electron chi connectivity index (χ3n) is 5.73. The number of aliphatic hydroxyl groups is 1. The standard InChI is InChI=1S/C23H24F3N5O4/c1-30-12-14(11-27-30)31-23(34)16(22(33)28-17-4-2-3-5-19(17)32)10-18(29-31)13-6-8-15(9-7-13)35-21(26)20(24)25/h6-12,17,19-21,32H,2-5H2,1H3,(H,28,33). The van der Waals surface area contributed by atoms with Crippen molar-refractivity contribution in [1.29, 1.82) is 0 Å². The Morgan fingerprint density at radius 3 is 2.54 bits per heavy atom. The Morgan fingerprint density at radius 1 is 1.20 bits per heavy atom. The first-order valence-corrected chi connectivity index (χ1v) is 11.0. The zero-order valence-electron chi connectivity index (χ0n) is 18.8. The number of hydrogen-bond acceptors (Lipinski definition) is 6. The number of aryl methyl sites for hydroxylation is 1. The number of hydrogen-bond donors (Lipinski definition) is 2. The van der Waals surface area contributed by atoms with Crippen molar-refractivity contribution in [2.75, 3.05) is 0 Å². The van der Waals surface area contributed by atoms with E-state index in [4.69, 9.17) is 0 Å². The number of carbonyl (C=O) groups excluding carboxylic acids is 1. The van der Waals surface area contributed by atoms with Gasteiger partial charge in [-0.25, -0.2) is 8.78 Å². The van der Waals surface area contributed by atoms with Gasteiger partial charge in [-0.1, -0.05) is 12.8 Å². The van der Waals surface area contributed by atoms with E-state index in [1.165, 1.54) is 41.2 Å². The zero-order valence-corrected chi connectivity index (χ0v) is 18.8. The van der Waals surface area contributed by atoms with E-state index in [2.05, 4.69) is 20.3 Å². The van der Waals surface area contributed by atoms with Crippen LogP contribution in [0.4, 0.5) is 13.2 Å². The summed E-state index contributed by atoms with van der Waals surface area (Å²) < 4.78 is 45.1. The highest BCUT2D eigenvalue weighted by Crippen LogP contribution is 2.24. The molecule has 1 saturated carbocycles. The van der Waals surface area contributed by atoms with Crippen LogP contribution in [-0.4, -0.2) is 55.5 Å². The molecule has 2 aromatic heterocycles. The van der Waals surface area contributed by atoms with Crippen LogP contribution >= 0.6 is 0 Å². The van der Waals surface area contributed by atoms with E-state index in [0.717, 1.165) is 17.5 Å². The topological polar surface area (TPSA) is 111 Å². The maximum absolute atomic E-state index is 13.2. The summed E-state index contributed by atoms with van der Waals surface area (Å²) in [4.78, 5) is 26.2. The van der Waals surface area contributed by atoms with Crippen LogP contribution in [0.3, 0.4) is 0 Å². The number of aliphatic hydroxyl groups excluding tert-OH is 1. The minimum absolute atomic E-state index is 0.119. The first-order chi connectivity index (χ1) is 16.7. The normalized spacial score (nSPS) is 18.9. The molecule has 12 heteroatoms.